The second-order valence-electron chi connectivity index (χ2n) is 7.34. The second kappa shape index (κ2) is 11.8. The highest BCUT2D eigenvalue weighted by Gasteiger charge is 2.17. The molecule has 1 aromatic carbocycles. The van der Waals surface area contributed by atoms with E-state index in [9.17, 15) is 0 Å². The first-order valence-corrected chi connectivity index (χ1v) is 10.1. The first kappa shape index (κ1) is 21.5. The molecule has 0 aliphatic carbocycles. The predicted molar refractivity (Wildman–Crippen MR) is 112 cm³/mol. The first-order valence-electron chi connectivity index (χ1n) is 10.1. The lowest BCUT2D eigenvalue weighted by atomic mass is 10.1. The average molecular weight is 377 g/mol. The summed E-state index contributed by atoms with van der Waals surface area (Å²) < 4.78 is 11.7. The number of ether oxygens (including phenoxy) is 2. The van der Waals surface area contributed by atoms with Crippen molar-refractivity contribution < 1.29 is 9.47 Å². The minimum atomic E-state index is 0.220. The van der Waals surface area contributed by atoms with Crippen LogP contribution in [-0.4, -0.2) is 63.9 Å². The number of nitrogens with one attached hydrogen (secondary N) is 2. The summed E-state index contributed by atoms with van der Waals surface area (Å²) in [4.78, 5) is 6.93. The molecule has 2 rings (SSSR count). The molecule has 6 heteroatoms. The maximum absolute atomic E-state index is 6.08. The van der Waals surface area contributed by atoms with Gasteiger partial charge in [0.1, 0.15) is 12.4 Å². The molecule has 2 N–H and O–H groups in total. The standard InChI is InChI=1S/C21H36N4O2/c1-5-22-21(23-11-7-12-25(3)4)24-15-18-10-9-17(2)14-20(18)27-16-19-8-6-13-26-19/h9-10,14,19H,5-8,11-13,15-16H2,1-4H3,(H2,22,23,24). The van der Waals surface area contributed by atoms with Crippen LogP contribution in [0.1, 0.15) is 37.3 Å². The molecular weight excluding hydrogens is 340 g/mol. The van der Waals surface area contributed by atoms with Crippen LogP contribution in [0.25, 0.3) is 0 Å². The van der Waals surface area contributed by atoms with Crippen LogP contribution in [0, 0.1) is 6.92 Å². The molecule has 1 fully saturated rings. The SMILES string of the molecule is CCNC(=NCc1ccc(C)cc1OCC1CCCO1)NCCCN(C)C. The van der Waals surface area contributed by atoms with Crippen molar-refractivity contribution in [2.24, 2.45) is 4.99 Å². The average Bonchev–Trinajstić information content (AvgIpc) is 3.15. The number of guanidine groups is 1. The maximum atomic E-state index is 6.08. The van der Waals surface area contributed by atoms with Crippen molar-refractivity contribution in [1.82, 2.24) is 15.5 Å². The van der Waals surface area contributed by atoms with E-state index in [2.05, 4.69) is 61.7 Å². The Morgan fingerprint density at radius 3 is 2.89 bits per heavy atom. The summed E-state index contributed by atoms with van der Waals surface area (Å²) in [7, 11) is 4.18. The van der Waals surface area contributed by atoms with E-state index < -0.39 is 0 Å². The van der Waals surface area contributed by atoms with Crippen LogP contribution in [-0.2, 0) is 11.3 Å². The lowest BCUT2D eigenvalue weighted by Gasteiger charge is -2.16. The quantitative estimate of drug-likeness (QED) is 0.373. The van der Waals surface area contributed by atoms with Gasteiger partial charge in [-0.15, -0.1) is 0 Å². The van der Waals surface area contributed by atoms with Gasteiger partial charge in [0.15, 0.2) is 5.96 Å². The third-order valence-electron chi connectivity index (χ3n) is 4.50. The highest BCUT2D eigenvalue weighted by Crippen LogP contribution is 2.23. The monoisotopic (exact) mass is 376 g/mol. The van der Waals surface area contributed by atoms with Gasteiger partial charge in [0.05, 0.1) is 12.6 Å². The maximum Gasteiger partial charge on any atom is 0.191 e. The molecule has 1 unspecified atom stereocenters. The zero-order valence-electron chi connectivity index (χ0n) is 17.4. The molecule has 0 saturated carbocycles. The largest absolute Gasteiger partial charge is 0.491 e. The van der Waals surface area contributed by atoms with Gasteiger partial charge in [0.2, 0.25) is 0 Å². The van der Waals surface area contributed by atoms with E-state index in [1.54, 1.807) is 0 Å². The van der Waals surface area contributed by atoms with Crippen LogP contribution >= 0.6 is 0 Å². The third-order valence-corrected chi connectivity index (χ3v) is 4.50. The van der Waals surface area contributed by atoms with E-state index in [1.165, 1.54) is 5.56 Å². The Kier molecular flexibility index (Phi) is 9.42. The van der Waals surface area contributed by atoms with Crippen LogP contribution in [0.5, 0.6) is 5.75 Å². The summed E-state index contributed by atoms with van der Waals surface area (Å²) in [6.07, 6.45) is 3.51. The van der Waals surface area contributed by atoms with E-state index >= 15 is 0 Å². The van der Waals surface area contributed by atoms with Gasteiger partial charge in [0, 0.05) is 25.3 Å². The summed E-state index contributed by atoms with van der Waals surface area (Å²) in [6.45, 7) is 9.03. The summed E-state index contributed by atoms with van der Waals surface area (Å²) in [5, 5.41) is 6.72. The normalized spacial score (nSPS) is 17.4. The second-order valence-corrected chi connectivity index (χ2v) is 7.34. The number of aryl methyl sites for hydroxylation is 1. The third kappa shape index (κ3) is 8.18. The fourth-order valence-corrected chi connectivity index (χ4v) is 2.99. The fourth-order valence-electron chi connectivity index (χ4n) is 2.99. The van der Waals surface area contributed by atoms with Crippen LogP contribution in [0.2, 0.25) is 0 Å². The molecule has 1 aromatic rings. The van der Waals surface area contributed by atoms with Gasteiger partial charge in [0.25, 0.3) is 0 Å². The molecule has 0 bridgehead atoms. The Morgan fingerprint density at radius 1 is 1.33 bits per heavy atom. The van der Waals surface area contributed by atoms with Crippen LogP contribution in [0.15, 0.2) is 23.2 Å². The smallest absolute Gasteiger partial charge is 0.191 e. The van der Waals surface area contributed by atoms with Gasteiger partial charge in [-0.2, -0.15) is 0 Å². The number of hydrogen-bond donors (Lipinski definition) is 2. The van der Waals surface area contributed by atoms with Crippen LogP contribution in [0.3, 0.4) is 0 Å². The minimum Gasteiger partial charge on any atom is -0.491 e. The van der Waals surface area contributed by atoms with Crippen LogP contribution in [0.4, 0.5) is 0 Å². The highest BCUT2D eigenvalue weighted by atomic mass is 16.5. The summed E-state index contributed by atoms with van der Waals surface area (Å²) in [5.74, 6) is 1.76. The summed E-state index contributed by atoms with van der Waals surface area (Å²) in [5.41, 5.74) is 2.29. The van der Waals surface area contributed by atoms with Gasteiger partial charge in [-0.1, -0.05) is 12.1 Å². The van der Waals surface area contributed by atoms with E-state index in [4.69, 9.17) is 14.5 Å². The van der Waals surface area contributed by atoms with Crippen molar-refractivity contribution in [1.29, 1.82) is 0 Å². The van der Waals surface area contributed by atoms with Gasteiger partial charge < -0.3 is 25.0 Å². The van der Waals surface area contributed by atoms with Gasteiger partial charge >= 0.3 is 0 Å². The molecule has 6 nitrogen and oxygen atoms in total. The van der Waals surface area contributed by atoms with Crippen molar-refractivity contribution in [2.75, 3.05) is 46.9 Å². The zero-order chi connectivity index (χ0) is 19.5. The molecule has 1 saturated heterocycles. The molecule has 0 radical (unpaired) electrons. The predicted octanol–water partition coefficient (Wildman–Crippen LogP) is 2.56. The van der Waals surface area contributed by atoms with Gasteiger partial charge in [-0.3, -0.25) is 0 Å². The topological polar surface area (TPSA) is 58.1 Å². The van der Waals surface area contributed by atoms with Crippen molar-refractivity contribution in [3.8, 4) is 5.75 Å². The molecule has 1 atom stereocenters. The Bertz CT molecular complexity index is 584. The number of nitrogens with zero attached hydrogens (tertiary/aromatic N) is 2. The molecule has 1 aliphatic heterocycles. The van der Waals surface area contributed by atoms with Gasteiger partial charge in [-0.25, -0.2) is 4.99 Å². The molecule has 0 aromatic heterocycles. The number of rotatable bonds is 10. The number of aliphatic imine (C=N–C) groups is 1. The van der Waals surface area contributed by atoms with Gasteiger partial charge in [-0.05, 0) is 65.4 Å². The van der Waals surface area contributed by atoms with E-state index in [1.807, 2.05) is 0 Å². The van der Waals surface area contributed by atoms with Crippen molar-refractivity contribution in [3.63, 3.8) is 0 Å². The zero-order valence-corrected chi connectivity index (χ0v) is 17.4. The van der Waals surface area contributed by atoms with E-state index in [-0.39, 0.29) is 6.10 Å². The van der Waals surface area contributed by atoms with E-state index in [0.29, 0.717) is 13.2 Å². The van der Waals surface area contributed by atoms with E-state index in [0.717, 1.165) is 62.8 Å². The molecule has 1 aliphatic rings. The number of hydrogen-bond acceptors (Lipinski definition) is 4. The number of benzene rings is 1. The first-order chi connectivity index (χ1) is 13.1. The molecular formula is C21H36N4O2. The fraction of sp³-hybridized carbons (Fsp3) is 0.667. The Hall–Kier alpha value is -1.79. The Morgan fingerprint density at radius 2 is 2.19 bits per heavy atom. The summed E-state index contributed by atoms with van der Waals surface area (Å²) >= 11 is 0. The minimum absolute atomic E-state index is 0.220. The molecule has 152 valence electrons. The van der Waals surface area contributed by atoms with Crippen molar-refractivity contribution in [3.05, 3.63) is 29.3 Å². The van der Waals surface area contributed by atoms with Crippen molar-refractivity contribution >= 4 is 5.96 Å². The lowest BCUT2D eigenvalue weighted by molar-refractivity contribution is 0.0676. The van der Waals surface area contributed by atoms with Crippen LogP contribution < -0.4 is 15.4 Å². The highest BCUT2D eigenvalue weighted by molar-refractivity contribution is 5.79. The summed E-state index contributed by atoms with van der Waals surface area (Å²) in [6, 6.07) is 6.32. The molecule has 1 heterocycles. The molecule has 27 heavy (non-hydrogen) atoms. The Labute approximate surface area is 164 Å². The lowest BCUT2D eigenvalue weighted by Crippen LogP contribution is -2.38. The Balaban J connectivity index is 1.94. The molecule has 0 amide bonds. The molecule has 0 spiro atoms. The van der Waals surface area contributed by atoms with Crippen molar-refractivity contribution in [2.45, 2.75) is 45.8 Å².